The van der Waals surface area contributed by atoms with Crippen molar-refractivity contribution in [3.05, 3.63) is 51.5 Å². The molecule has 5 nitrogen and oxygen atoms in total. The summed E-state index contributed by atoms with van der Waals surface area (Å²) >= 11 is 1.67. The summed E-state index contributed by atoms with van der Waals surface area (Å²) in [6.45, 7) is 0.525. The van der Waals surface area contributed by atoms with Crippen molar-refractivity contribution in [2.24, 2.45) is 5.73 Å². The predicted molar refractivity (Wildman–Crippen MR) is 98.9 cm³/mol. The Bertz CT molecular complexity index is 751. The van der Waals surface area contributed by atoms with Gasteiger partial charge in [0.1, 0.15) is 0 Å². The van der Waals surface area contributed by atoms with Crippen molar-refractivity contribution >= 4 is 23.2 Å². The summed E-state index contributed by atoms with van der Waals surface area (Å²) in [4.78, 5) is 28.1. The molecule has 0 saturated heterocycles. The Morgan fingerprint density at radius 2 is 1.96 bits per heavy atom. The highest BCUT2D eigenvalue weighted by Gasteiger charge is 2.18. The third kappa shape index (κ3) is 4.66. The lowest BCUT2D eigenvalue weighted by molar-refractivity contribution is 0.0954. The number of hydrogen-bond acceptors (Lipinski definition) is 4. The van der Waals surface area contributed by atoms with Gasteiger partial charge in [-0.3, -0.25) is 9.59 Å². The molecule has 132 valence electrons. The van der Waals surface area contributed by atoms with E-state index in [9.17, 15) is 9.59 Å². The molecule has 0 aliphatic heterocycles. The molecule has 0 spiro atoms. The van der Waals surface area contributed by atoms with Crippen LogP contribution in [0.3, 0.4) is 0 Å². The molecule has 3 N–H and O–H groups in total. The number of carbonyl (C=O) groups excluding carboxylic acids is 2. The van der Waals surface area contributed by atoms with Crippen molar-refractivity contribution in [3.8, 4) is 0 Å². The summed E-state index contributed by atoms with van der Waals surface area (Å²) in [5.41, 5.74) is 7.25. The van der Waals surface area contributed by atoms with Gasteiger partial charge < -0.3 is 11.1 Å². The Labute approximate surface area is 151 Å². The van der Waals surface area contributed by atoms with Gasteiger partial charge in [0, 0.05) is 35.4 Å². The lowest BCUT2D eigenvalue weighted by Gasteiger charge is -2.19. The third-order valence-electron chi connectivity index (χ3n) is 4.63. The van der Waals surface area contributed by atoms with E-state index in [0.717, 1.165) is 11.4 Å². The van der Waals surface area contributed by atoms with E-state index in [1.807, 2.05) is 0 Å². The van der Waals surface area contributed by atoms with Gasteiger partial charge >= 0.3 is 0 Å². The highest BCUT2D eigenvalue weighted by atomic mass is 32.1. The van der Waals surface area contributed by atoms with Gasteiger partial charge in [-0.15, -0.1) is 11.3 Å². The number of amides is 2. The summed E-state index contributed by atoms with van der Waals surface area (Å²) in [5, 5.41) is 6.11. The molecule has 2 aromatic rings. The summed E-state index contributed by atoms with van der Waals surface area (Å²) in [5.74, 6) is -0.121. The predicted octanol–water partition coefficient (Wildman–Crippen LogP) is 3.26. The van der Waals surface area contributed by atoms with Gasteiger partial charge in [-0.25, -0.2) is 4.98 Å². The zero-order chi connectivity index (χ0) is 17.6. The van der Waals surface area contributed by atoms with Crippen molar-refractivity contribution in [1.82, 2.24) is 10.3 Å². The van der Waals surface area contributed by atoms with Gasteiger partial charge in [0.05, 0.1) is 10.7 Å². The minimum atomic E-state index is -0.535. The first-order valence-electron chi connectivity index (χ1n) is 8.76. The first-order chi connectivity index (χ1) is 12.1. The number of primary amides is 1. The zero-order valence-corrected chi connectivity index (χ0v) is 15.0. The van der Waals surface area contributed by atoms with Crippen LogP contribution < -0.4 is 11.1 Å². The molecule has 6 heteroatoms. The van der Waals surface area contributed by atoms with E-state index in [0.29, 0.717) is 23.6 Å². The number of nitrogens with one attached hydrogen (secondary N) is 1. The van der Waals surface area contributed by atoms with Crippen molar-refractivity contribution < 1.29 is 9.59 Å². The minimum absolute atomic E-state index is 0.202. The Morgan fingerprint density at radius 3 is 2.72 bits per heavy atom. The highest BCUT2D eigenvalue weighted by molar-refractivity contribution is 7.09. The molecule has 1 saturated carbocycles. The largest absolute Gasteiger partial charge is 0.366 e. The zero-order valence-electron chi connectivity index (χ0n) is 14.2. The number of benzene rings is 1. The van der Waals surface area contributed by atoms with Crippen molar-refractivity contribution in [1.29, 1.82) is 0 Å². The van der Waals surface area contributed by atoms with E-state index >= 15 is 0 Å². The molecule has 1 aromatic carbocycles. The Balaban J connectivity index is 1.51. The smallest absolute Gasteiger partial charge is 0.251 e. The maximum absolute atomic E-state index is 12.2. The molecular formula is C19H23N3O2S. The molecule has 1 aliphatic carbocycles. The number of thiazole rings is 1. The fraction of sp³-hybridized carbons (Fsp3) is 0.421. The Hall–Kier alpha value is -2.21. The first kappa shape index (κ1) is 17.6. The molecule has 0 atom stereocenters. The first-order valence-corrected chi connectivity index (χ1v) is 9.64. The van der Waals surface area contributed by atoms with Crippen LogP contribution in [-0.4, -0.2) is 23.3 Å². The summed E-state index contributed by atoms with van der Waals surface area (Å²) in [7, 11) is 0. The van der Waals surface area contributed by atoms with Crippen molar-refractivity contribution in [2.45, 2.75) is 44.4 Å². The number of nitrogens with two attached hydrogens (primary N) is 1. The van der Waals surface area contributed by atoms with Crippen LogP contribution in [0.5, 0.6) is 0 Å². The molecule has 0 unspecified atom stereocenters. The molecule has 0 bridgehead atoms. The molecule has 3 rings (SSSR count). The topological polar surface area (TPSA) is 85.1 Å². The van der Waals surface area contributed by atoms with Gasteiger partial charge in [-0.2, -0.15) is 0 Å². The molecule has 1 fully saturated rings. The van der Waals surface area contributed by atoms with E-state index in [2.05, 4.69) is 10.7 Å². The Morgan fingerprint density at radius 1 is 1.20 bits per heavy atom. The van der Waals surface area contributed by atoms with Crippen LogP contribution >= 0.6 is 11.3 Å². The number of hydrogen-bond donors (Lipinski definition) is 2. The van der Waals surface area contributed by atoms with Crippen molar-refractivity contribution in [2.75, 3.05) is 6.54 Å². The van der Waals surface area contributed by atoms with Gasteiger partial charge in [0.25, 0.3) is 5.91 Å². The molecule has 2 amide bonds. The van der Waals surface area contributed by atoms with Gasteiger partial charge in [0.2, 0.25) is 5.91 Å². The van der Waals surface area contributed by atoms with Crippen LogP contribution in [0.4, 0.5) is 0 Å². The van der Waals surface area contributed by atoms with E-state index in [1.54, 1.807) is 29.5 Å². The van der Waals surface area contributed by atoms with Crippen LogP contribution in [0, 0.1) is 0 Å². The fourth-order valence-electron chi connectivity index (χ4n) is 3.22. The summed E-state index contributed by atoms with van der Waals surface area (Å²) < 4.78 is 0. The third-order valence-corrected chi connectivity index (χ3v) is 5.55. The van der Waals surface area contributed by atoms with E-state index in [1.165, 1.54) is 43.9 Å². The average molecular weight is 357 g/mol. The number of rotatable bonds is 6. The maximum Gasteiger partial charge on any atom is 0.251 e. The highest BCUT2D eigenvalue weighted by Crippen LogP contribution is 2.33. The van der Waals surface area contributed by atoms with Crippen LogP contribution in [-0.2, 0) is 6.42 Å². The molecule has 0 radical (unpaired) electrons. The number of aromatic nitrogens is 1. The second kappa shape index (κ2) is 8.25. The SMILES string of the molecule is NC(=O)c1cccc(C(=O)NCCc2nc(C3CCCCC3)cs2)c1. The van der Waals surface area contributed by atoms with E-state index in [4.69, 9.17) is 10.7 Å². The Kier molecular flexibility index (Phi) is 5.81. The van der Waals surface area contributed by atoms with Crippen LogP contribution in [0.15, 0.2) is 29.6 Å². The molecule has 1 heterocycles. The normalized spacial score (nSPS) is 15.0. The molecule has 1 aliphatic rings. The van der Waals surface area contributed by atoms with Gasteiger partial charge in [-0.1, -0.05) is 25.3 Å². The van der Waals surface area contributed by atoms with E-state index < -0.39 is 5.91 Å². The van der Waals surface area contributed by atoms with Gasteiger partial charge in [0.15, 0.2) is 0 Å². The fourth-order valence-corrected chi connectivity index (χ4v) is 4.10. The second-order valence-corrected chi connectivity index (χ2v) is 7.39. The van der Waals surface area contributed by atoms with Crippen LogP contribution in [0.1, 0.15) is 69.4 Å². The minimum Gasteiger partial charge on any atom is -0.366 e. The van der Waals surface area contributed by atoms with Gasteiger partial charge in [-0.05, 0) is 31.0 Å². The lowest BCUT2D eigenvalue weighted by Crippen LogP contribution is -2.26. The second-order valence-electron chi connectivity index (χ2n) is 6.45. The standard InChI is InChI=1S/C19H23N3O2S/c20-18(23)14-7-4-8-15(11-14)19(24)21-10-9-17-22-16(12-25-17)13-5-2-1-3-6-13/h4,7-8,11-13H,1-3,5-6,9-10H2,(H2,20,23)(H,21,24). The lowest BCUT2D eigenvalue weighted by atomic mass is 9.87. The molecule has 1 aromatic heterocycles. The van der Waals surface area contributed by atoms with Crippen LogP contribution in [0.2, 0.25) is 0 Å². The van der Waals surface area contributed by atoms with E-state index in [-0.39, 0.29) is 5.91 Å². The van der Waals surface area contributed by atoms with Crippen LogP contribution in [0.25, 0.3) is 0 Å². The molecule has 25 heavy (non-hydrogen) atoms. The average Bonchev–Trinajstić information content (AvgIpc) is 3.11. The number of carbonyl (C=O) groups is 2. The summed E-state index contributed by atoms with van der Waals surface area (Å²) in [6.07, 6.45) is 7.16. The summed E-state index contributed by atoms with van der Waals surface area (Å²) in [6, 6.07) is 6.45. The quantitative estimate of drug-likeness (QED) is 0.832. The maximum atomic E-state index is 12.2. The monoisotopic (exact) mass is 357 g/mol. The number of nitrogens with zero attached hydrogens (tertiary/aromatic N) is 1. The van der Waals surface area contributed by atoms with Crippen molar-refractivity contribution in [3.63, 3.8) is 0 Å². The molecular weight excluding hydrogens is 334 g/mol.